The summed E-state index contributed by atoms with van der Waals surface area (Å²) < 4.78 is 38.8. The number of nitrogens with one attached hydrogen (secondary N) is 1. The lowest BCUT2D eigenvalue weighted by Crippen LogP contribution is -2.28. The Kier molecular flexibility index (Phi) is 4.72. The van der Waals surface area contributed by atoms with E-state index in [1.807, 2.05) is 0 Å². The topological polar surface area (TPSA) is 84.2 Å². The molecule has 2 atom stereocenters. The summed E-state index contributed by atoms with van der Waals surface area (Å²) in [5.41, 5.74) is -0.602. The maximum Gasteiger partial charge on any atom is 0.391 e. The number of carboxylic acid groups (broad SMARTS) is 1. The van der Waals surface area contributed by atoms with Gasteiger partial charge in [0.1, 0.15) is 6.54 Å². The largest absolute Gasteiger partial charge is 0.480 e. The number of alkyl halides is 3. The molecule has 0 aromatic carbocycles. The summed E-state index contributed by atoms with van der Waals surface area (Å²) in [6.07, 6.45) is -1.08. The molecule has 0 spiro atoms. The van der Waals surface area contributed by atoms with E-state index in [0.717, 1.165) is 4.57 Å². The lowest BCUT2D eigenvalue weighted by Gasteiger charge is -2.15. The molecule has 122 valence electrons. The molecule has 0 unspecified atom stereocenters. The first-order valence-corrected chi connectivity index (χ1v) is 6.85. The van der Waals surface area contributed by atoms with Gasteiger partial charge in [-0.1, -0.05) is 0 Å². The number of halogens is 3. The predicted molar refractivity (Wildman–Crippen MR) is 71.5 cm³/mol. The van der Waals surface area contributed by atoms with Gasteiger partial charge in [0.25, 0.3) is 5.56 Å². The molecule has 1 aromatic heterocycles. The average molecular weight is 319 g/mol. The second-order valence-electron chi connectivity index (χ2n) is 5.40. The molecular formula is C13H16F3N3O3. The SMILES string of the molecule is O=C(O)Cn1ccnc(NC[C@@H]2CC[C@@H](C(F)(F)F)C2)c1=O. The summed E-state index contributed by atoms with van der Waals surface area (Å²) in [4.78, 5) is 26.4. The number of anilines is 1. The van der Waals surface area contributed by atoms with Crippen LogP contribution < -0.4 is 10.9 Å². The first kappa shape index (κ1) is 16.3. The van der Waals surface area contributed by atoms with Crippen molar-refractivity contribution in [1.29, 1.82) is 0 Å². The van der Waals surface area contributed by atoms with Gasteiger partial charge in [0.05, 0.1) is 5.92 Å². The highest BCUT2D eigenvalue weighted by molar-refractivity contribution is 5.66. The fraction of sp³-hybridized carbons (Fsp3) is 0.615. The number of aliphatic carboxylic acids is 1. The van der Waals surface area contributed by atoms with Gasteiger partial charge in [-0.25, -0.2) is 4.98 Å². The summed E-state index contributed by atoms with van der Waals surface area (Å²) >= 11 is 0. The van der Waals surface area contributed by atoms with Crippen LogP contribution in [0, 0.1) is 11.8 Å². The number of carbonyl (C=O) groups is 1. The van der Waals surface area contributed by atoms with Gasteiger partial charge in [-0.2, -0.15) is 13.2 Å². The van der Waals surface area contributed by atoms with Gasteiger partial charge < -0.3 is 10.4 Å². The zero-order valence-corrected chi connectivity index (χ0v) is 11.6. The van der Waals surface area contributed by atoms with Crippen LogP contribution in [0.4, 0.5) is 19.0 Å². The van der Waals surface area contributed by atoms with Crippen LogP contribution in [0.1, 0.15) is 19.3 Å². The van der Waals surface area contributed by atoms with Crippen LogP contribution in [-0.4, -0.2) is 33.3 Å². The Labute approximate surface area is 124 Å². The molecule has 0 radical (unpaired) electrons. The number of carboxylic acids is 1. The van der Waals surface area contributed by atoms with E-state index in [2.05, 4.69) is 10.3 Å². The number of nitrogens with zero attached hydrogens (tertiary/aromatic N) is 2. The van der Waals surface area contributed by atoms with E-state index in [-0.39, 0.29) is 31.1 Å². The van der Waals surface area contributed by atoms with Crippen LogP contribution >= 0.6 is 0 Å². The van der Waals surface area contributed by atoms with Gasteiger partial charge >= 0.3 is 12.1 Å². The van der Waals surface area contributed by atoms with E-state index in [9.17, 15) is 22.8 Å². The quantitative estimate of drug-likeness (QED) is 0.863. The third-order valence-corrected chi connectivity index (χ3v) is 3.78. The molecule has 0 amide bonds. The normalized spacial score (nSPS) is 21.8. The Bertz CT molecular complexity index is 600. The van der Waals surface area contributed by atoms with E-state index in [4.69, 9.17) is 5.11 Å². The van der Waals surface area contributed by atoms with Crippen LogP contribution in [0.15, 0.2) is 17.2 Å². The Balaban J connectivity index is 1.96. The van der Waals surface area contributed by atoms with Crippen LogP contribution in [-0.2, 0) is 11.3 Å². The second-order valence-corrected chi connectivity index (χ2v) is 5.40. The molecule has 1 aliphatic rings. The summed E-state index contributed by atoms with van der Waals surface area (Å²) in [7, 11) is 0. The molecule has 0 aliphatic heterocycles. The maximum atomic E-state index is 12.6. The van der Waals surface area contributed by atoms with Gasteiger partial charge in [0.15, 0.2) is 5.82 Å². The van der Waals surface area contributed by atoms with Crippen LogP contribution in [0.5, 0.6) is 0 Å². The molecule has 9 heteroatoms. The molecular weight excluding hydrogens is 303 g/mol. The fourth-order valence-corrected chi connectivity index (χ4v) is 2.64. The van der Waals surface area contributed by atoms with E-state index in [1.165, 1.54) is 12.4 Å². The maximum absolute atomic E-state index is 12.6. The zero-order chi connectivity index (χ0) is 16.3. The zero-order valence-electron chi connectivity index (χ0n) is 11.6. The Hall–Kier alpha value is -2.06. The minimum absolute atomic E-state index is 0.0344. The molecule has 6 nitrogen and oxygen atoms in total. The van der Waals surface area contributed by atoms with E-state index in [0.29, 0.717) is 6.42 Å². The Morgan fingerprint density at radius 1 is 1.45 bits per heavy atom. The number of hydrogen-bond acceptors (Lipinski definition) is 4. The summed E-state index contributed by atoms with van der Waals surface area (Å²) in [6.45, 7) is -0.276. The van der Waals surface area contributed by atoms with Gasteiger partial charge in [-0.3, -0.25) is 14.2 Å². The molecule has 1 saturated carbocycles. The third-order valence-electron chi connectivity index (χ3n) is 3.78. The highest BCUT2D eigenvalue weighted by atomic mass is 19.4. The molecule has 2 rings (SSSR count). The van der Waals surface area contributed by atoms with Crippen molar-refractivity contribution in [3.8, 4) is 0 Å². The van der Waals surface area contributed by atoms with Crippen LogP contribution in [0.3, 0.4) is 0 Å². The Morgan fingerprint density at radius 3 is 2.77 bits per heavy atom. The highest BCUT2D eigenvalue weighted by Crippen LogP contribution is 2.41. The molecule has 2 N–H and O–H groups in total. The van der Waals surface area contributed by atoms with Crippen LogP contribution in [0.2, 0.25) is 0 Å². The minimum atomic E-state index is -4.17. The summed E-state index contributed by atoms with van der Waals surface area (Å²) in [6, 6.07) is 0. The lowest BCUT2D eigenvalue weighted by molar-refractivity contribution is -0.173. The predicted octanol–water partition coefficient (Wildman–Crippen LogP) is 1.72. The molecule has 1 aromatic rings. The molecule has 22 heavy (non-hydrogen) atoms. The molecule has 0 saturated heterocycles. The Morgan fingerprint density at radius 2 is 2.18 bits per heavy atom. The van der Waals surface area contributed by atoms with Crippen molar-refractivity contribution >= 4 is 11.8 Å². The second kappa shape index (κ2) is 6.37. The molecule has 0 bridgehead atoms. The third kappa shape index (κ3) is 3.99. The summed E-state index contributed by atoms with van der Waals surface area (Å²) in [5.74, 6) is -2.67. The monoisotopic (exact) mass is 319 g/mol. The fourth-order valence-electron chi connectivity index (χ4n) is 2.64. The highest BCUT2D eigenvalue weighted by Gasteiger charge is 2.43. The molecule has 1 aliphatic carbocycles. The van der Waals surface area contributed by atoms with E-state index in [1.54, 1.807) is 0 Å². The van der Waals surface area contributed by atoms with Crippen molar-refractivity contribution in [2.75, 3.05) is 11.9 Å². The number of aromatic nitrogens is 2. The molecule has 1 heterocycles. The first-order valence-electron chi connectivity index (χ1n) is 6.85. The molecule has 1 fully saturated rings. The number of rotatable bonds is 5. The van der Waals surface area contributed by atoms with Gasteiger partial charge in [0.2, 0.25) is 0 Å². The first-order chi connectivity index (χ1) is 10.3. The van der Waals surface area contributed by atoms with Crippen molar-refractivity contribution in [2.24, 2.45) is 11.8 Å². The van der Waals surface area contributed by atoms with Gasteiger partial charge in [-0.15, -0.1) is 0 Å². The number of hydrogen-bond donors (Lipinski definition) is 2. The summed E-state index contributed by atoms with van der Waals surface area (Å²) in [5, 5.41) is 11.4. The van der Waals surface area contributed by atoms with E-state index >= 15 is 0 Å². The van der Waals surface area contributed by atoms with Crippen LogP contribution in [0.25, 0.3) is 0 Å². The van der Waals surface area contributed by atoms with Crippen molar-refractivity contribution in [1.82, 2.24) is 9.55 Å². The lowest BCUT2D eigenvalue weighted by atomic mass is 10.0. The van der Waals surface area contributed by atoms with Crippen molar-refractivity contribution in [3.63, 3.8) is 0 Å². The average Bonchev–Trinajstić information content (AvgIpc) is 2.88. The van der Waals surface area contributed by atoms with Crippen molar-refractivity contribution < 1.29 is 23.1 Å². The standard InChI is InChI=1S/C13H16F3N3O3/c14-13(15,16)9-2-1-8(5-9)6-18-11-12(22)19(4-3-17-11)7-10(20)21/h3-4,8-9H,1-2,5-7H2,(H,17,18)(H,20,21)/t8-,9-/m1/s1. The van der Waals surface area contributed by atoms with Crippen molar-refractivity contribution in [3.05, 3.63) is 22.7 Å². The van der Waals surface area contributed by atoms with Gasteiger partial charge in [-0.05, 0) is 25.2 Å². The van der Waals surface area contributed by atoms with Gasteiger partial charge in [0, 0.05) is 18.9 Å². The minimum Gasteiger partial charge on any atom is -0.480 e. The van der Waals surface area contributed by atoms with Crippen molar-refractivity contribution in [2.45, 2.75) is 32.0 Å². The van der Waals surface area contributed by atoms with E-state index < -0.39 is 30.2 Å². The smallest absolute Gasteiger partial charge is 0.391 e.